The Morgan fingerprint density at radius 3 is 2.30 bits per heavy atom. The molecule has 0 spiro atoms. The summed E-state index contributed by atoms with van der Waals surface area (Å²) in [6.45, 7) is 6.18. The standard InChI is InChI=1S/C27H35NO5/c1-27(2,3)33-26(30)28-17-16-19-10-13-22(14-11-19)32-24-18-21(20-8-6-5-7-9-20)12-15-23(24)25(29)31-4/h5-9,12,15,18-19,22H,10-11,13-14,16-17H2,1-4H3,(H,28,30). The van der Waals surface area contributed by atoms with Crippen molar-refractivity contribution in [2.75, 3.05) is 13.7 Å². The Balaban J connectivity index is 1.56. The highest BCUT2D eigenvalue weighted by Crippen LogP contribution is 2.33. The van der Waals surface area contributed by atoms with Gasteiger partial charge in [0.25, 0.3) is 0 Å². The van der Waals surface area contributed by atoms with E-state index in [1.165, 1.54) is 7.11 Å². The second-order valence-corrected chi connectivity index (χ2v) is 9.55. The highest BCUT2D eigenvalue weighted by molar-refractivity contribution is 5.93. The minimum atomic E-state index is -0.486. The molecule has 1 aliphatic carbocycles. The van der Waals surface area contributed by atoms with E-state index in [1.54, 1.807) is 6.07 Å². The van der Waals surface area contributed by atoms with Crippen LogP contribution in [0.2, 0.25) is 0 Å². The molecule has 0 atom stereocenters. The third-order valence-corrected chi connectivity index (χ3v) is 5.80. The summed E-state index contributed by atoms with van der Waals surface area (Å²) in [5.41, 5.74) is 2.03. The molecule has 0 bridgehead atoms. The first-order chi connectivity index (χ1) is 15.7. The lowest BCUT2D eigenvalue weighted by molar-refractivity contribution is 0.0517. The van der Waals surface area contributed by atoms with E-state index in [0.717, 1.165) is 43.2 Å². The smallest absolute Gasteiger partial charge is 0.407 e. The summed E-state index contributed by atoms with van der Waals surface area (Å²) in [7, 11) is 1.38. The van der Waals surface area contributed by atoms with Crippen LogP contribution in [0, 0.1) is 5.92 Å². The number of carbonyl (C=O) groups excluding carboxylic acids is 2. The van der Waals surface area contributed by atoms with Gasteiger partial charge in [-0.3, -0.25) is 0 Å². The predicted molar refractivity (Wildman–Crippen MR) is 128 cm³/mol. The summed E-state index contributed by atoms with van der Waals surface area (Å²) in [6, 6.07) is 15.6. The van der Waals surface area contributed by atoms with Gasteiger partial charge in [0, 0.05) is 6.54 Å². The number of hydrogen-bond donors (Lipinski definition) is 1. The van der Waals surface area contributed by atoms with Gasteiger partial charge in [-0.15, -0.1) is 0 Å². The number of rotatable bonds is 7. The van der Waals surface area contributed by atoms with Crippen molar-refractivity contribution < 1.29 is 23.8 Å². The van der Waals surface area contributed by atoms with Crippen molar-refractivity contribution in [1.29, 1.82) is 0 Å². The van der Waals surface area contributed by atoms with Gasteiger partial charge in [-0.25, -0.2) is 9.59 Å². The molecular formula is C27H35NO5. The Kier molecular flexibility index (Phi) is 8.37. The summed E-state index contributed by atoms with van der Waals surface area (Å²) >= 11 is 0. The van der Waals surface area contributed by atoms with Crippen LogP contribution < -0.4 is 10.1 Å². The number of alkyl carbamates (subject to hydrolysis) is 1. The monoisotopic (exact) mass is 453 g/mol. The van der Waals surface area contributed by atoms with Gasteiger partial charge in [-0.05, 0) is 82.1 Å². The topological polar surface area (TPSA) is 73.9 Å². The van der Waals surface area contributed by atoms with E-state index in [2.05, 4.69) is 5.32 Å². The van der Waals surface area contributed by atoms with E-state index in [9.17, 15) is 9.59 Å². The third kappa shape index (κ3) is 7.52. The molecule has 1 saturated carbocycles. The van der Waals surface area contributed by atoms with Gasteiger partial charge in [-0.1, -0.05) is 36.4 Å². The van der Waals surface area contributed by atoms with Crippen LogP contribution in [0.15, 0.2) is 48.5 Å². The van der Waals surface area contributed by atoms with Crippen molar-refractivity contribution in [3.05, 3.63) is 54.1 Å². The molecule has 0 aliphatic heterocycles. The van der Waals surface area contributed by atoms with Crippen molar-refractivity contribution in [2.24, 2.45) is 5.92 Å². The molecule has 1 amide bonds. The Bertz CT molecular complexity index is 927. The zero-order valence-corrected chi connectivity index (χ0v) is 20.1. The molecule has 0 heterocycles. The fraction of sp³-hybridized carbons (Fsp3) is 0.481. The lowest BCUT2D eigenvalue weighted by Gasteiger charge is -2.29. The number of nitrogens with one attached hydrogen (secondary N) is 1. The maximum absolute atomic E-state index is 12.3. The molecule has 0 unspecified atom stereocenters. The maximum atomic E-state index is 12.3. The molecular weight excluding hydrogens is 418 g/mol. The lowest BCUT2D eigenvalue weighted by Crippen LogP contribution is -2.34. The minimum absolute atomic E-state index is 0.0505. The van der Waals surface area contributed by atoms with E-state index in [4.69, 9.17) is 14.2 Å². The average Bonchev–Trinajstić information content (AvgIpc) is 2.79. The van der Waals surface area contributed by atoms with Crippen molar-refractivity contribution in [2.45, 2.75) is 64.6 Å². The summed E-state index contributed by atoms with van der Waals surface area (Å²) < 4.78 is 16.6. The van der Waals surface area contributed by atoms with E-state index in [-0.39, 0.29) is 12.2 Å². The zero-order valence-electron chi connectivity index (χ0n) is 20.1. The summed E-state index contributed by atoms with van der Waals surface area (Å²) in [5, 5.41) is 2.84. The van der Waals surface area contributed by atoms with Crippen molar-refractivity contribution in [3.8, 4) is 16.9 Å². The molecule has 33 heavy (non-hydrogen) atoms. The van der Waals surface area contributed by atoms with Crippen LogP contribution in [0.4, 0.5) is 4.79 Å². The van der Waals surface area contributed by atoms with Crippen molar-refractivity contribution in [3.63, 3.8) is 0 Å². The normalized spacial score (nSPS) is 18.3. The van der Waals surface area contributed by atoms with Gasteiger partial charge in [0.1, 0.15) is 16.9 Å². The maximum Gasteiger partial charge on any atom is 0.407 e. The van der Waals surface area contributed by atoms with Crippen LogP contribution >= 0.6 is 0 Å². The molecule has 0 aromatic heterocycles. The Labute approximate surface area is 196 Å². The zero-order chi connectivity index (χ0) is 23.8. The summed E-state index contributed by atoms with van der Waals surface area (Å²) in [5.74, 6) is 0.709. The summed E-state index contributed by atoms with van der Waals surface area (Å²) in [6.07, 6.45) is 4.46. The largest absolute Gasteiger partial charge is 0.490 e. The van der Waals surface area contributed by atoms with Crippen molar-refractivity contribution >= 4 is 12.1 Å². The molecule has 2 aromatic carbocycles. The predicted octanol–water partition coefficient (Wildman–Crippen LogP) is 5.99. The molecule has 0 radical (unpaired) electrons. The molecule has 3 rings (SSSR count). The molecule has 1 fully saturated rings. The molecule has 1 N–H and O–H groups in total. The van der Waals surface area contributed by atoms with Crippen LogP contribution in [0.3, 0.4) is 0 Å². The van der Waals surface area contributed by atoms with Gasteiger partial charge in [-0.2, -0.15) is 0 Å². The first-order valence-electron chi connectivity index (χ1n) is 11.7. The van der Waals surface area contributed by atoms with Crippen LogP contribution in [0.25, 0.3) is 11.1 Å². The molecule has 2 aromatic rings. The number of benzene rings is 2. The SMILES string of the molecule is COC(=O)c1ccc(-c2ccccc2)cc1OC1CCC(CCNC(=O)OC(C)(C)C)CC1. The number of carbonyl (C=O) groups is 2. The molecule has 178 valence electrons. The van der Waals surface area contributed by atoms with Crippen molar-refractivity contribution in [1.82, 2.24) is 5.32 Å². The molecule has 1 aliphatic rings. The Morgan fingerprint density at radius 1 is 0.970 bits per heavy atom. The van der Waals surface area contributed by atoms with Crippen LogP contribution in [0.5, 0.6) is 5.75 Å². The number of amides is 1. The highest BCUT2D eigenvalue weighted by atomic mass is 16.6. The van der Waals surface area contributed by atoms with E-state index in [1.807, 2.05) is 63.2 Å². The van der Waals surface area contributed by atoms with Crippen LogP contribution in [-0.2, 0) is 9.47 Å². The first kappa shape index (κ1) is 24.6. The van der Waals surface area contributed by atoms with E-state index in [0.29, 0.717) is 23.8 Å². The molecule has 6 heteroatoms. The Morgan fingerprint density at radius 2 is 1.67 bits per heavy atom. The third-order valence-electron chi connectivity index (χ3n) is 5.80. The minimum Gasteiger partial charge on any atom is -0.490 e. The fourth-order valence-electron chi connectivity index (χ4n) is 4.12. The van der Waals surface area contributed by atoms with Crippen LogP contribution in [-0.4, -0.2) is 37.4 Å². The highest BCUT2D eigenvalue weighted by Gasteiger charge is 2.25. The summed E-state index contributed by atoms with van der Waals surface area (Å²) in [4.78, 5) is 24.1. The van der Waals surface area contributed by atoms with Gasteiger partial charge in [0.05, 0.1) is 13.2 Å². The van der Waals surface area contributed by atoms with E-state index < -0.39 is 11.6 Å². The number of ether oxygens (including phenoxy) is 3. The number of hydrogen-bond acceptors (Lipinski definition) is 5. The van der Waals surface area contributed by atoms with Gasteiger partial charge in [0.2, 0.25) is 0 Å². The van der Waals surface area contributed by atoms with Crippen LogP contribution in [0.1, 0.15) is 63.2 Å². The average molecular weight is 454 g/mol. The second-order valence-electron chi connectivity index (χ2n) is 9.55. The number of methoxy groups -OCH3 is 1. The Hall–Kier alpha value is -3.02. The molecule has 6 nitrogen and oxygen atoms in total. The van der Waals surface area contributed by atoms with Gasteiger partial charge in [0.15, 0.2) is 0 Å². The van der Waals surface area contributed by atoms with E-state index >= 15 is 0 Å². The fourth-order valence-corrected chi connectivity index (χ4v) is 4.12. The lowest BCUT2D eigenvalue weighted by atomic mass is 9.85. The van der Waals surface area contributed by atoms with Gasteiger partial charge < -0.3 is 19.5 Å². The first-order valence-corrected chi connectivity index (χ1v) is 11.7. The quantitative estimate of drug-likeness (QED) is 0.521. The molecule has 0 saturated heterocycles. The van der Waals surface area contributed by atoms with Gasteiger partial charge >= 0.3 is 12.1 Å². The number of esters is 1. The second kappa shape index (κ2) is 11.2.